The zero-order valence-electron chi connectivity index (χ0n) is 23.5. The summed E-state index contributed by atoms with van der Waals surface area (Å²) in [6.07, 6.45) is 4.18. The van der Waals surface area contributed by atoms with Gasteiger partial charge < -0.3 is 14.4 Å². The number of carbonyl (C=O) groups excluding carboxylic acids is 2. The van der Waals surface area contributed by atoms with E-state index < -0.39 is 8.24 Å². The van der Waals surface area contributed by atoms with Crippen molar-refractivity contribution in [2.75, 3.05) is 32.7 Å². The molecule has 0 saturated carbocycles. The number of imide groups is 1. The number of halogens is 2. The minimum absolute atomic E-state index is 0.0542. The quantitative estimate of drug-likeness (QED) is 0.241. The molecule has 0 spiro atoms. The van der Waals surface area contributed by atoms with E-state index in [0.29, 0.717) is 17.5 Å². The third kappa shape index (κ3) is 5.26. The van der Waals surface area contributed by atoms with Gasteiger partial charge in [0, 0.05) is 35.4 Å². The molecule has 0 atom stereocenters. The molecule has 208 valence electrons. The van der Waals surface area contributed by atoms with Gasteiger partial charge in [-0.25, -0.2) is 9.18 Å². The van der Waals surface area contributed by atoms with Crippen molar-refractivity contribution in [1.82, 2.24) is 18.9 Å². The summed E-state index contributed by atoms with van der Waals surface area (Å²) in [5, 5.41) is 1.76. The molecule has 3 amide bonds. The van der Waals surface area contributed by atoms with Crippen molar-refractivity contribution in [1.29, 1.82) is 0 Å². The lowest BCUT2D eigenvalue weighted by molar-refractivity contribution is -0.122. The molecule has 39 heavy (non-hydrogen) atoms. The molecule has 2 saturated heterocycles. The number of urea groups is 1. The first-order chi connectivity index (χ1) is 18.4. The molecule has 9 heteroatoms. The fourth-order valence-corrected chi connectivity index (χ4v) is 7.87. The summed E-state index contributed by atoms with van der Waals surface area (Å²) >= 11 is 6.39. The summed E-state index contributed by atoms with van der Waals surface area (Å²) in [7, 11) is -2.26. The Balaban J connectivity index is 1.25. The third-order valence-electron chi connectivity index (χ3n) is 9.05. The molecule has 3 aromatic rings. The van der Waals surface area contributed by atoms with E-state index in [1.54, 1.807) is 21.6 Å². The van der Waals surface area contributed by atoms with Crippen LogP contribution in [0, 0.1) is 5.82 Å². The first kappa shape index (κ1) is 27.9. The maximum atomic E-state index is 13.6. The van der Waals surface area contributed by atoms with Crippen LogP contribution < -0.4 is 0 Å². The lowest BCUT2D eigenvalue weighted by Gasteiger charge is -2.42. The molecule has 2 aliphatic rings. The van der Waals surface area contributed by atoms with Crippen LogP contribution in [0.15, 0.2) is 48.7 Å². The highest BCUT2D eigenvalue weighted by Gasteiger charge is 2.51. The molecule has 2 aromatic carbocycles. The minimum atomic E-state index is -2.26. The van der Waals surface area contributed by atoms with Crippen LogP contribution in [-0.2, 0) is 4.79 Å². The first-order valence-corrected chi connectivity index (χ1v) is 17.1. The van der Waals surface area contributed by atoms with Crippen LogP contribution in [0.5, 0.6) is 0 Å². The Kier molecular flexibility index (Phi) is 7.41. The number of piperidine rings is 1. The topological polar surface area (TPSA) is 48.8 Å². The van der Waals surface area contributed by atoms with E-state index in [1.807, 2.05) is 18.2 Å². The molecule has 3 heterocycles. The molecule has 1 aromatic heterocycles. The molecule has 0 N–H and O–H groups in total. The largest absolute Gasteiger partial charge is 0.319 e. The van der Waals surface area contributed by atoms with Crippen LogP contribution >= 0.6 is 11.6 Å². The van der Waals surface area contributed by atoms with Crippen LogP contribution in [0.25, 0.3) is 16.6 Å². The van der Waals surface area contributed by atoms with E-state index in [-0.39, 0.29) is 29.3 Å². The van der Waals surface area contributed by atoms with Gasteiger partial charge >= 0.3 is 6.03 Å². The highest BCUT2D eigenvalue weighted by Crippen LogP contribution is 2.40. The van der Waals surface area contributed by atoms with Gasteiger partial charge in [-0.1, -0.05) is 45.5 Å². The zero-order valence-corrected chi connectivity index (χ0v) is 25.3. The number of carbonyl (C=O) groups is 2. The Bertz CT molecular complexity index is 1390. The Hall–Kier alpha value is -2.68. The van der Waals surface area contributed by atoms with E-state index in [4.69, 9.17) is 11.6 Å². The number of rotatable bonds is 6. The predicted octanol–water partition coefficient (Wildman–Crippen LogP) is 6.87. The monoisotopic (exact) mass is 568 g/mol. The van der Waals surface area contributed by atoms with Gasteiger partial charge in [-0.3, -0.25) is 9.36 Å². The first-order valence-electron chi connectivity index (χ1n) is 13.8. The number of hydrogen-bond acceptors (Lipinski definition) is 3. The van der Waals surface area contributed by atoms with Gasteiger partial charge in [0.2, 0.25) is 5.91 Å². The fourth-order valence-electron chi connectivity index (χ4n) is 5.71. The average Bonchev–Trinajstić information content (AvgIpc) is 3.39. The summed E-state index contributed by atoms with van der Waals surface area (Å²) in [6, 6.07) is 12.4. The lowest BCUT2D eigenvalue weighted by atomic mass is 9.89. The molecular weight excluding hydrogens is 531 g/mol. The lowest BCUT2D eigenvalue weighted by Crippen LogP contribution is -2.58. The summed E-state index contributed by atoms with van der Waals surface area (Å²) in [5.41, 5.74) is 3.25. The maximum absolute atomic E-state index is 13.6. The predicted molar refractivity (Wildman–Crippen MR) is 158 cm³/mol. The van der Waals surface area contributed by atoms with E-state index >= 15 is 0 Å². The van der Waals surface area contributed by atoms with Gasteiger partial charge in [0.15, 0.2) is 8.24 Å². The van der Waals surface area contributed by atoms with Crippen LogP contribution in [0.1, 0.15) is 45.1 Å². The average molecular weight is 569 g/mol. The van der Waals surface area contributed by atoms with Crippen molar-refractivity contribution in [3.05, 3.63) is 65.1 Å². The Morgan fingerprint density at radius 2 is 1.67 bits per heavy atom. The van der Waals surface area contributed by atoms with E-state index in [1.165, 1.54) is 17.7 Å². The second-order valence-corrected chi connectivity index (χ2v) is 18.0. The second-order valence-electron chi connectivity index (χ2n) is 12.5. The number of fused-ring (bicyclic) bond motifs is 1. The van der Waals surface area contributed by atoms with E-state index in [9.17, 15) is 14.0 Å². The molecule has 0 unspecified atom stereocenters. The van der Waals surface area contributed by atoms with Crippen molar-refractivity contribution < 1.29 is 14.0 Å². The van der Waals surface area contributed by atoms with Gasteiger partial charge in [0.05, 0.1) is 5.52 Å². The highest BCUT2D eigenvalue weighted by atomic mass is 35.5. The third-order valence-corrected chi connectivity index (χ3v) is 14.5. The molecular formula is C30H38ClFN4O2Si. The molecule has 2 fully saturated rings. The SMILES string of the molecule is CC(C)(C)[Si](C)(C)N1C(=O)CN(CCN2CCC(c3cn(-c4ccc(F)cc4)c4ccc(Cl)cc34)CC2)C1=O. The summed E-state index contributed by atoms with van der Waals surface area (Å²) < 4.78 is 17.3. The van der Waals surface area contributed by atoms with E-state index in [0.717, 1.165) is 49.1 Å². The van der Waals surface area contributed by atoms with Gasteiger partial charge in [-0.05, 0) is 84.9 Å². The standard InChI is InChI=1S/C30H38ClFN4O2Si/c1-30(2,3)39(4,5)36-28(37)20-34(29(36)38)17-16-33-14-12-21(13-15-33)26-19-35(24-9-7-23(32)8-10-24)27-11-6-22(31)18-25(26)27/h6-11,18-19,21H,12-17,20H2,1-5H3. The van der Waals surface area contributed by atoms with Gasteiger partial charge in [-0.15, -0.1) is 0 Å². The number of nitrogens with zero attached hydrogens (tertiary/aromatic N) is 4. The zero-order chi connectivity index (χ0) is 28.1. The van der Waals surface area contributed by atoms with Crippen molar-refractivity contribution in [3.63, 3.8) is 0 Å². The number of likely N-dealkylation sites (tertiary alicyclic amines) is 1. The number of amides is 3. The van der Waals surface area contributed by atoms with Crippen LogP contribution in [0.2, 0.25) is 23.2 Å². The van der Waals surface area contributed by atoms with E-state index in [2.05, 4.69) is 49.5 Å². The summed E-state index contributed by atoms with van der Waals surface area (Å²) in [4.78, 5) is 30.2. The Morgan fingerprint density at radius 1 is 1.00 bits per heavy atom. The molecule has 0 radical (unpaired) electrons. The summed E-state index contributed by atoms with van der Waals surface area (Å²) in [5.74, 6) is 0.0769. The smallest absolute Gasteiger partial charge is 0.316 e. The van der Waals surface area contributed by atoms with Crippen molar-refractivity contribution in [2.45, 2.75) is 57.7 Å². The highest BCUT2D eigenvalue weighted by molar-refractivity contribution is 6.81. The number of benzene rings is 2. The molecule has 2 aliphatic heterocycles. The van der Waals surface area contributed by atoms with Crippen molar-refractivity contribution >= 4 is 42.7 Å². The minimum Gasteiger partial charge on any atom is -0.316 e. The second kappa shape index (κ2) is 10.4. The molecule has 0 aliphatic carbocycles. The van der Waals surface area contributed by atoms with Crippen LogP contribution in [0.4, 0.5) is 9.18 Å². The normalized spacial score (nSPS) is 18.1. The fraction of sp³-hybridized carbons (Fsp3) is 0.467. The van der Waals surface area contributed by atoms with Crippen molar-refractivity contribution in [3.8, 4) is 5.69 Å². The van der Waals surface area contributed by atoms with Crippen LogP contribution in [0.3, 0.4) is 0 Å². The van der Waals surface area contributed by atoms with Gasteiger partial charge in [-0.2, -0.15) is 0 Å². The molecule has 5 rings (SSSR count). The number of hydrogen-bond donors (Lipinski definition) is 0. The number of aromatic nitrogens is 1. The molecule has 0 bridgehead atoms. The van der Waals surface area contributed by atoms with Crippen molar-refractivity contribution in [2.24, 2.45) is 0 Å². The Labute approximate surface area is 236 Å². The summed E-state index contributed by atoms with van der Waals surface area (Å²) in [6.45, 7) is 14.0. The molecule has 6 nitrogen and oxygen atoms in total. The van der Waals surface area contributed by atoms with Crippen LogP contribution in [-0.4, -0.2) is 71.8 Å². The van der Waals surface area contributed by atoms with Gasteiger partial charge in [0.25, 0.3) is 0 Å². The maximum Gasteiger partial charge on any atom is 0.319 e. The van der Waals surface area contributed by atoms with Gasteiger partial charge in [0.1, 0.15) is 12.4 Å². The Morgan fingerprint density at radius 3 is 2.31 bits per heavy atom.